The summed E-state index contributed by atoms with van der Waals surface area (Å²) in [6.07, 6.45) is 8.67. The van der Waals surface area contributed by atoms with Crippen LogP contribution in [0.1, 0.15) is 16.8 Å². The molecule has 40 heavy (non-hydrogen) atoms. The van der Waals surface area contributed by atoms with E-state index in [1.807, 2.05) is 60.2 Å². The molecular weight excluding hydrogens is 505 g/mol. The number of imidazole rings is 2. The number of nitrogens with zero attached hydrogens (tertiary/aromatic N) is 6. The second kappa shape index (κ2) is 9.83. The maximum atomic E-state index is 16.1. The summed E-state index contributed by atoms with van der Waals surface area (Å²) in [5.41, 5.74) is 7.10. The number of para-hydroxylation sites is 1. The molecule has 5 heterocycles. The number of pyridine rings is 2. The summed E-state index contributed by atoms with van der Waals surface area (Å²) in [6.45, 7) is 3.25. The standard InChI is InChI=1S/C30H24FN9/c1-18-16-40(17-35-18)24-9-5-8-22-28(24)37-30(36-22)29-25-23(38-39-29)15-34-27(26(25)31)21-10-20(13-33-14-21)12-32-11-19-6-3-2-4-7-19/h2-10,13-17,32H,11-12H2,1H3,(H,36,37)(H,38,39). The molecule has 5 aromatic heterocycles. The lowest BCUT2D eigenvalue weighted by molar-refractivity contribution is 0.638. The normalized spacial score (nSPS) is 11.6. The Labute approximate surface area is 228 Å². The topological polar surface area (TPSA) is 113 Å². The first-order valence-corrected chi connectivity index (χ1v) is 12.9. The quantitative estimate of drug-likeness (QED) is 0.252. The molecular formula is C30H24FN9. The van der Waals surface area contributed by atoms with Crippen LogP contribution in [0.15, 0.2) is 85.7 Å². The first-order chi connectivity index (χ1) is 19.6. The van der Waals surface area contributed by atoms with Crippen molar-refractivity contribution in [1.29, 1.82) is 0 Å². The van der Waals surface area contributed by atoms with E-state index in [-0.39, 0.29) is 5.69 Å². The summed E-state index contributed by atoms with van der Waals surface area (Å²) < 4.78 is 18.0. The van der Waals surface area contributed by atoms with Crippen LogP contribution in [-0.4, -0.2) is 39.7 Å². The fourth-order valence-electron chi connectivity index (χ4n) is 4.90. The number of halogens is 1. The molecule has 9 nitrogen and oxygen atoms in total. The molecule has 0 aliphatic heterocycles. The van der Waals surface area contributed by atoms with Gasteiger partial charge < -0.3 is 14.9 Å². The number of rotatable bonds is 7. The third-order valence-electron chi connectivity index (χ3n) is 6.82. The van der Waals surface area contributed by atoms with Gasteiger partial charge in [0.15, 0.2) is 11.6 Å². The molecule has 0 bridgehead atoms. The third kappa shape index (κ3) is 4.30. The Hall–Kier alpha value is -5.22. The lowest BCUT2D eigenvalue weighted by Gasteiger charge is -2.08. The monoisotopic (exact) mass is 529 g/mol. The van der Waals surface area contributed by atoms with Gasteiger partial charge >= 0.3 is 0 Å². The van der Waals surface area contributed by atoms with Crippen molar-refractivity contribution < 1.29 is 4.39 Å². The fraction of sp³-hybridized carbons (Fsp3) is 0.100. The molecule has 2 aromatic carbocycles. The van der Waals surface area contributed by atoms with Crippen LogP contribution in [0, 0.1) is 12.7 Å². The first kappa shape index (κ1) is 23.9. The summed E-state index contributed by atoms with van der Waals surface area (Å²) in [6, 6.07) is 17.9. The lowest BCUT2D eigenvalue weighted by atomic mass is 10.1. The number of aryl methyl sites for hydroxylation is 1. The maximum Gasteiger partial charge on any atom is 0.161 e. The van der Waals surface area contributed by atoms with Gasteiger partial charge in [-0.15, -0.1) is 0 Å². The fourth-order valence-corrected chi connectivity index (χ4v) is 4.90. The maximum absolute atomic E-state index is 16.1. The zero-order valence-corrected chi connectivity index (χ0v) is 21.6. The molecule has 0 saturated heterocycles. The highest BCUT2D eigenvalue weighted by molar-refractivity contribution is 5.96. The number of aromatic nitrogens is 8. The highest BCUT2D eigenvalue weighted by atomic mass is 19.1. The van der Waals surface area contributed by atoms with Crippen LogP contribution in [0.25, 0.3) is 50.4 Å². The Morgan fingerprint density at radius 3 is 2.62 bits per heavy atom. The molecule has 0 radical (unpaired) electrons. The molecule has 7 rings (SSSR count). The molecule has 0 amide bonds. The van der Waals surface area contributed by atoms with E-state index in [0.717, 1.165) is 34.5 Å². The highest BCUT2D eigenvalue weighted by Crippen LogP contribution is 2.33. The second-order valence-electron chi connectivity index (χ2n) is 9.63. The van der Waals surface area contributed by atoms with E-state index >= 15 is 4.39 Å². The van der Waals surface area contributed by atoms with Gasteiger partial charge in [0.25, 0.3) is 0 Å². The lowest BCUT2D eigenvalue weighted by Crippen LogP contribution is -2.12. The Morgan fingerprint density at radius 1 is 0.900 bits per heavy atom. The SMILES string of the molecule is Cc1cn(-c2cccc3[nH]c(-c4n[nH]c5cnc(-c6cncc(CNCc7ccccc7)c6)c(F)c45)nc23)cn1. The summed E-state index contributed by atoms with van der Waals surface area (Å²) >= 11 is 0. The molecule has 0 saturated carbocycles. The van der Waals surface area contributed by atoms with Crippen molar-refractivity contribution in [1.82, 2.24) is 45.0 Å². The Balaban J connectivity index is 1.23. The van der Waals surface area contributed by atoms with Crippen LogP contribution >= 0.6 is 0 Å². The second-order valence-corrected chi connectivity index (χ2v) is 9.63. The van der Waals surface area contributed by atoms with Crippen LogP contribution in [0.5, 0.6) is 0 Å². The van der Waals surface area contributed by atoms with E-state index in [2.05, 4.69) is 47.6 Å². The van der Waals surface area contributed by atoms with Crippen molar-refractivity contribution in [2.24, 2.45) is 0 Å². The van der Waals surface area contributed by atoms with Crippen molar-refractivity contribution in [2.45, 2.75) is 20.0 Å². The minimum atomic E-state index is -0.483. The molecule has 3 N–H and O–H groups in total. The van der Waals surface area contributed by atoms with Gasteiger partial charge in [-0.25, -0.2) is 14.4 Å². The minimum absolute atomic E-state index is 0.207. The summed E-state index contributed by atoms with van der Waals surface area (Å²) in [5, 5.41) is 11.0. The summed E-state index contributed by atoms with van der Waals surface area (Å²) in [7, 11) is 0. The van der Waals surface area contributed by atoms with E-state index < -0.39 is 5.82 Å². The molecule has 0 fully saturated rings. The van der Waals surface area contributed by atoms with Crippen molar-refractivity contribution in [3.8, 4) is 28.5 Å². The van der Waals surface area contributed by atoms with E-state index in [1.165, 1.54) is 5.56 Å². The predicted octanol–water partition coefficient (Wildman–Crippen LogP) is 5.49. The summed E-state index contributed by atoms with van der Waals surface area (Å²) in [4.78, 5) is 21.2. The number of aromatic amines is 2. The zero-order valence-electron chi connectivity index (χ0n) is 21.6. The number of hydrogen-bond donors (Lipinski definition) is 3. The first-order valence-electron chi connectivity index (χ1n) is 12.9. The number of H-pyrrole nitrogens is 2. The number of benzene rings is 2. The van der Waals surface area contributed by atoms with Crippen LogP contribution in [0.4, 0.5) is 4.39 Å². The Morgan fingerprint density at radius 2 is 1.77 bits per heavy atom. The van der Waals surface area contributed by atoms with Gasteiger partial charge in [-0.3, -0.25) is 15.1 Å². The number of fused-ring (bicyclic) bond motifs is 2. The van der Waals surface area contributed by atoms with Crippen molar-refractivity contribution in [2.75, 3.05) is 0 Å². The molecule has 10 heteroatoms. The number of nitrogens with one attached hydrogen (secondary N) is 3. The largest absolute Gasteiger partial charge is 0.336 e. The average Bonchev–Trinajstić information content (AvgIpc) is 3.72. The van der Waals surface area contributed by atoms with Crippen LogP contribution in [-0.2, 0) is 13.1 Å². The minimum Gasteiger partial charge on any atom is -0.336 e. The smallest absolute Gasteiger partial charge is 0.161 e. The highest BCUT2D eigenvalue weighted by Gasteiger charge is 2.21. The Bertz CT molecular complexity index is 1970. The van der Waals surface area contributed by atoms with Gasteiger partial charge in [-0.2, -0.15) is 5.10 Å². The Kier molecular flexibility index (Phi) is 5.86. The molecule has 0 spiro atoms. The van der Waals surface area contributed by atoms with Gasteiger partial charge in [0.05, 0.1) is 40.3 Å². The van der Waals surface area contributed by atoms with E-state index in [9.17, 15) is 0 Å². The molecule has 196 valence electrons. The number of hydrogen-bond acceptors (Lipinski definition) is 6. The van der Waals surface area contributed by atoms with Gasteiger partial charge in [0, 0.05) is 37.2 Å². The van der Waals surface area contributed by atoms with Crippen molar-refractivity contribution in [3.05, 3.63) is 108 Å². The molecule has 0 aliphatic rings. The van der Waals surface area contributed by atoms with Gasteiger partial charge in [0.2, 0.25) is 0 Å². The van der Waals surface area contributed by atoms with Gasteiger partial charge in [-0.05, 0) is 36.2 Å². The molecule has 0 aliphatic carbocycles. The molecule has 7 aromatic rings. The van der Waals surface area contributed by atoms with Crippen molar-refractivity contribution >= 4 is 21.9 Å². The zero-order chi connectivity index (χ0) is 27.1. The summed E-state index contributed by atoms with van der Waals surface area (Å²) in [5.74, 6) is -0.0260. The predicted molar refractivity (Wildman–Crippen MR) is 151 cm³/mol. The van der Waals surface area contributed by atoms with Gasteiger partial charge in [-0.1, -0.05) is 36.4 Å². The van der Waals surface area contributed by atoms with E-state index in [4.69, 9.17) is 4.98 Å². The van der Waals surface area contributed by atoms with Crippen LogP contribution < -0.4 is 5.32 Å². The van der Waals surface area contributed by atoms with E-state index in [1.54, 1.807) is 24.9 Å². The van der Waals surface area contributed by atoms with E-state index in [0.29, 0.717) is 34.5 Å². The van der Waals surface area contributed by atoms with Gasteiger partial charge in [0.1, 0.15) is 16.9 Å². The van der Waals surface area contributed by atoms with Crippen LogP contribution in [0.2, 0.25) is 0 Å². The molecule has 0 atom stereocenters. The van der Waals surface area contributed by atoms with Crippen LogP contribution in [0.3, 0.4) is 0 Å². The molecule has 0 unspecified atom stereocenters. The average molecular weight is 530 g/mol. The van der Waals surface area contributed by atoms with Crippen molar-refractivity contribution in [3.63, 3.8) is 0 Å². The third-order valence-corrected chi connectivity index (χ3v) is 6.82.